The standard InChI is InChI=1S/C15H22N4O4/c1-2-23-12-8-11(13(12)19-6-3-5-16-19)17-15(22)18-7-4-10(9-18)14(20)21/h3,5-6,10-13H,2,4,7-9H2,1H3,(H,17,22)(H,20,21)/t10-,11+,12-,13-/m1/s1. The summed E-state index contributed by atoms with van der Waals surface area (Å²) in [5.41, 5.74) is 0. The zero-order valence-electron chi connectivity index (χ0n) is 13.1. The van der Waals surface area contributed by atoms with Crippen molar-refractivity contribution < 1.29 is 19.4 Å². The lowest BCUT2D eigenvalue weighted by molar-refractivity contribution is -0.141. The molecule has 0 bridgehead atoms. The number of nitrogens with zero attached hydrogens (tertiary/aromatic N) is 3. The van der Waals surface area contributed by atoms with Gasteiger partial charge in [0.05, 0.1) is 24.1 Å². The molecule has 1 saturated carbocycles. The van der Waals surface area contributed by atoms with Gasteiger partial charge in [0.1, 0.15) is 0 Å². The molecule has 23 heavy (non-hydrogen) atoms. The predicted molar refractivity (Wildman–Crippen MR) is 80.9 cm³/mol. The molecule has 3 rings (SSSR count). The molecule has 126 valence electrons. The maximum atomic E-state index is 12.3. The van der Waals surface area contributed by atoms with E-state index in [4.69, 9.17) is 9.84 Å². The summed E-state index contributed by atoms with van der Waals surface area (Å²) in [6.07, 6.45) is 4.86. The van der Waals surface area contributed by atoms with Crippen molar-refractivity contribution in [2.45, 2.75) is 38.0 Å². The Morgan fingerprint density at radius 1 is 1.48 bits per heavy atom. The molecule has 1 aliphatic heterocycles. The molecule has 2 N–H and O–H groups in total. The molecule has 4 atom stereocenters. The number of carboxylic acid groups (broad SMARTS) is 1. The van der Waals surface area contributed by atoms with Gasteiger partial charge in [-0.25, -0.2) is 4.79 Å². The van der Waals surface area contributed by atoms with Crippen LogP contribution >= 0.6 is 0 Å². The second-order valence-electron chi connectivity index (χ2n) is 6.03. The van der Waals surface area contributed by atoms with Gasteiger partial charge in [-0.15, -0.1) is 0 Å². The van der Waals surface area contributed by atoms with Crippen LogP contribution in [0.25, 0.3) is 0 Å². The molecule has 0 unspecified atom stereocenters. The number of carboxylic acids is 1. The molecule has 1 aromatic rings. The number of hydrogen-bond acceptors (Lipinski definition) is 4. The molecule has 1 aliphatic carbocycles. The number of carbonyl (C=O) groups is 2. The van der Waals surface area contributed by atoms with Crippen LogP contribution in [0.15, 0.2) is 18.5 Å². The first kappa shape index (κ1) is 15.8. The van der Waals surface area contributed by atoms with Gasteiger partial charge in [-0.1, -0.05) is 0 Å². The summed E-state index contributed by atoms with van der Waals surface area (Å²) in [6, 6.07) is 1.57. The molecule has 2 heterocycles. The zero-order valence-corrected chi connectivity index (χ0v) is 13.1. The van der Waals surface area contributed by atoms with E-state index in [1.54, 1.807) is 11.1 Å². The number of likely N-dealkylation sites (tertiary alicyclic amines) is 1. The van der Waals surface area contributed by atoms with Crippen LogP contribution in [0.4, 0.5) is 4.79 Å². The summed E-state index contributed by atoms with van der Waals surface area (Å²) >= 11 is 0. The molecule has 1 aromatic heterocycles. The fraction of sp³-hybridized carbons (Fsp3) is 0.667. The Kier molecular flexibility index (Phi) is 4.51. The van der Waals surface area contributed by atoms with Crippen LogP contribution in [0, 0.1) is 5.92 Å². The molecule has 8 nitrogen and oxygen atoms in total. The van der Waals surface area contributed by atoms with E-state index in [1.807, 2.05) is 23.9 Å². The van der Waals surface area contributed by atoms with Gasteiger partial charge < -0.3 is 20.1 Å². The smallest absolute Gasteiger partial charge is 0.317 e. The number of aromatic nitrogens is 2. The fourth-order valence-corrected chi connectivity index (χ4v) is 3.33. The van der Waals surface area contributed by atoms with Crippen LogP contribution in [-0.4, -0.2) is 63.6 Å². The second-order valence-corrected chi connectivity index (χ2v) is 6.03. The Morgan fingerprint density at radius 2 is 2.30 bits per heavy atom. The number of urea groups is 1. The van der Waals surface area contributed by atoms with E-state index < -0.39 is 11.9 Å². The maximum absolute atomic E-state index is 12.3. The Labute approximate surface area is 134 Å². The fourth-order valence-electron chi connectivity index (χ4n) is 3.33. The lowest BCUT2D eigenvalue weighted by Crippen LogP contribution is -2.59. The van der Waals surface area contributed by atoms with Gasteiger partial charge in [0.15, 0.2) is 0 Å². The van der Waals surface area contributed by atoms with Crippen LogP contribution in [0.2, 0.25) is 0 Å². The number of rotatable bonds is 5. The van der Waals surface area contributed by atoms with Crippen LogP contribution < -0.4 is 5.32 Å². The molecule has 0 radical (unpaired) electrons. The molecular formula is C15H22N4O4. The molecule has 8 heteroatoms. The van der Waals surface area contributed by atoms with Crippen molar-refractivity contribution >= 4 is 12.0 Å². The van der Waals surface area contributed by atoms with E-state index >= 15 is 0 Å². The number of nitrogens with one attached hydrogen (secondary N) is 1. The van der Waals surface area contributed by atoms with Gasteiger partial charge in [0, 0.05) is 32.1 Å². The number of carbonyl (C=O) groups excluding carboxylic acids is 1. The second kappa shape index (κ2) is 6.57. The van der Waals surface area contributed by atoms with Gasteiger partial charge >= 0.3 is 12.0 Å². The highest BCUT2D eigenvalue weighted by molar-refractivity contribution is 5.77. The first-order valence-electron chi connectivity index (χ1n) is 7.99. The van der Waals surface area contributed by atoms with Crippen molar-refractivity contribution in [2.75, 3.05) is 19.7 Å². The summed E-state index contributed by atoms with van der Waals surface area (Å²) in [7, 11) is 0. The average Bonchev–Trinajstić information content (AvgIpc) is 3.16. The van der Waals surface area contributed by atoms with Crippen LogP contribution in [0.3, 0.4) is 0 Å². The topological polar surface area (TPSA) is 96.7 Å². The van der Waals surface area contributed by atoms with E-state index in [-0.39, 0.29) is 30.8 Å². The lowest BCUT2D eigenvalue weighted by atomic mass is 9.82. The van der Waals surface area contributed by atoms with Gasteiger partial charge in [-0.2, -0.15) is 5.10 Å². The molecule has 2 aliphatic rings. The minimum Gasteiger partial charge on any atom is -0.481 e. The van der Waals surface area contributed by atoms with Crippen molar-refractivity contribution in [3.8, 4) is 0 Å². The molecule has 2 amide bonds. The minimum absolute atomic E-state index is 0.0215. The Balaban J connectivity index is 1.59. The minimum atomic E-state index is -0.838. The van der Waals surface area contributed by atoms with Gasteiger partial charge in [-0.3, -0.25) is 9.48 Å². The highest BCUT2D eigenvalue weighted by atomic mass is 16.5. The first-order valence-corrected chi connectivity index (χ1v) is 7.99. The Morgan fingerprint density at radius 3 is 2.91 bits per heavy atom. The van der Waals surface area contributed by atoms with Crippen LogP contribution in [0.1, 0.15) is 25.8 Å². The Bertz CT molecular complexity index is 562. The number of hydrogen-bond donors (Lipinski definition) is 2. The highest BCUT2D eigenvalue weighted by Gasteiger charge is 2.45. The van der Waals surface area contributed by atoms with E-state index in [2.05, 4.69) is 10.4 Å². The predicted octanol–water partition coefficient (Wildman–Crippen LogP) is 0.718. The van der Waals surface area contributed by atoms with Gasteiger partial charge in [0.25, 0.3) is 0 Å². The summed E-state index contributed by atoms with van der Waals surface area (Å²) in [6.45, 7) is 3.32. The number of aliphatic carboxylic acids is 1. The van der Waals surface area contributed by atoms with Crippen molar-refractivity contribution in [1.29, 1.82) is 0 Å². The molecule has 1 saturated heterocycles. The van der Waals surface area contributed by atoms with Gasteiger partial charge in [-0.05, 0) is 25.8 Å². The zero-order chi connectivity index (χ0) is 16.4. The Hall–Kier alpha value is -2.09. The van der Waals surface area contributed by atoms with E-state index in [0.717, 1.165) is 6.42 Å². The molecule has 0 spiro atoms. The average molecular weight is 322 g/mol. The quantitative estimate of drug-likeness (QED) is 0.832. The van der Waals surface area contributed by atoms with Crippen LogP contribution in [0.5, 0.6) is 0 Å². The summed E-state index contributed by atoms with van der Waals surface area (Å²) in [5.74, 6) is -1.30. The molecular weight excluding hydrogens is 300 g/mol. The number of amides is 2. The van der Waals surface area contributed by atoms with E-state index in [0.29, 0.717) is 19.6 Å². The largest absolute Gasteiger partial charge is 0.481 e. The summed E-state index contributed by atoms with van der Waals surface area (Å²) in [5, 5.41) is 16.3. The summed E-state index contributed by atoms with van der Waals surface area (Å²) in [4.78, 5) is 24.9. The summed E-state index contributed by atoms with van der Waals surface area (Å²) < 4.78 is 7.51. The van der Waals surface area contributed by atoms with E-state index in [9.17, 15) is 9.59 Å². The normalized spacial score (nSPS) is 30.0. The maximum Gasteiger partial charge on any atom is 0.317 e. The third-order valence-corrected chi connectivity index (χ3v) is 4.62. The molecule has 2 fully saturated rings. The number of ether oxygens (including phenoxy) is 1. The van der Waals surface area contributed by atoms with E-state index in [1.165, 1.54) is 0 Å². The monoisotopic (exact) mass is 322 g/mol. The van der Waals surface area contributed by atoms with Crippen molar-refractivity contribution in [1.82, 2.24) is 20.0 Å². The van der Waals surface area contributed by atoms with Crippen molar-refractivity contribution in [2.24, 2.45) is 5.92 Å². The van der Waals surface area contributed by atoms with Crippen molar-refractivity contribution in [3.05, 3.63) is 18.5 Å². The molecule has 0 aromatic carbocycles. The lowest BCUT2D eigenvalue weighted by Gasteiger charge is -2.44. The van der Waals surface area contributed by atoms with Crippen LogP contribution in [-0.2, 0) is 9.53 Å². The first-order chi connectivity index (χ1) is 11.1. The van der Waals surface area contributed by atoms with Crippen molar-refractivity contribution in [3.63, 3.8) is 0 Å². The van der Waals surface area contributed by atoms with Gasteiger partial charge in [0.2, 0.25) is 0 Å². The SMILES string of the molecule is CCO[C@@H]1C[C@H](NC(=O)N2CC[C@@H](C(=O)O)C2)[C@H]1n1cccn1. The third kappa shape index (κ3) is 3.17. The highest BCUT2D eigenvalue weighted by Crippen LogP contribution is 2.35. The third-order valence-electron chi connectivity index (χ3n) is 4.62.